The van der Waals surface area contributed by atoms with Gasteiger partial charge in [0.1, 0.15) is 0 Å². The molecule has 0 aliphatic heterocycles. The number of hydrogen-bond acceptors (Lipinski definition) is 2. The van der Waals surface area contributed by atoms with Gasteiger partial charge in [-0.3, -0.25) is 0 Å². The van der Waals surface area contributed by atoms with E-state index in [1.54, 1.807) is 0 Å². The Morgan fingerprint density at radius 2 is 1.02 bits per heavy atom. The van der Waals surface area contributed by atoms with Crippen LogP contribution in [-0.2, 0) is 5.41 Å². The fourth-order valence-corrected chi connectivity index (χ4v) is 9.66. The molecule has 8 aromatic carbocycles. The standard InChI is InChI=1S/C49H35NS/c1-49(2)42-23-13-11-19-37(42)38-30-29-36(31-43(38)49)50(35-27-25-33(26-28-35)32-15-5-3-6-16-32)47-39-20-9-10-21-40(39)48-46(41-22-12-14-24-44(41)51-48)45(47)34-17-7-4-8-18-34/h3-31H,1-2H3. The summed E-state index contributed by atoms with van der Waals surface area (Å²) >= 11 is 1.90. The van der Waals surface area contributed by atoms with E-state index in [1.807, 2.05) is 11.3 Å². The second-order valence-corrected chi connectivity index (χ2v) is 15.1. The molecule has 10 rings (SSSR count). The van der Waals surface area contributed by atoms with Crippen LogP contribution in [0.4, 0.5) is 17.1 Å². The molecule has 0 saturated heterocycles. The van der Waals surface area contributed by atoms with Crippen LogP contribution >= 0.6 is 11.3 Å². The molecule has 242 valence electrons. The first-order valence-electron chi connectivity index (χ1n) is 17.7. The van der Waals surface area contributed by atoms with E-state index in [4.69, 9.17) is 0 Å². The zero-order valence-corrected chi connectivity index (χ0v) is 29.4. The second-order valence-electron chi connectivity index (χ2n) is 14.1. The van der Waals surface area contributed by atoms with E-state index >= 15 is 0 Å². The summed E-state index contributed by atoms with van der Waals surface area (Å²) in [7, 11) is 0. The van der Waals surface area contributed by atoms with E-state index in [0.29, 0.717) is 0 Å². The summed E-state index contributed by atoms with van der Waals surface area (Å²) in [4.78, 5) is 2.53. The quantitative estimate of drug-likeness (QED) is 0.176. The predicted molar refractivity (Wildman–Crippen MR) is 220 cm³/mol. The molecule has 0 radical (unpaired) electrons. The number of thiophene rings is 1. The van der Waals surface area contributed by atoms with Gasteiger partial charge in [0.05, 0.1) is 5.69 Å². The molecule has 1 aromatic heterocycles. The number of fused-ring (bicyclic) bond motifs is 8. The summed E-state index contributed by atoms with van der Waals surface area (Å²) in [5.41, 5.74) is 13.7. The van der Waals surface area contributed by atoms with E-state index in [9.17, 15) is 0 Å². The average Bonchev–Trinajstić information content (AvgIpc) is 3.68. The molecule has 0 unspecified atom stereocenters. The maximum atomic E-state index is 2.53. The molecule has 0 saturated carbocycles. The fourth-order valence-electron chi connectivity index (χ4n) is 8.41. The monoisotopic (exact) mass is 669 g/mol. The fraction of sp³-hybridized carbons (Fsp3) is 0.0612. The van der Waals surface area contributed by atoms with Crippen molar-refractivity contribution < 1.29 is 0 Å². The van der Waals surface area contributed by atoms with Gasteiger partial charge in [0.25, 0.3) is 0 Å². The van der Waals surface area contributed by atoms with Gasteiger partial charge in [0, 0.05) is 53.3 Å². The molecular formula is C49H35NS. The molecule has 1 aliphatic rings. The van der Waals surface area contributed by atoms with Gasteiger partial charge in [-0.15, -0.1) is 11.3 Å². The number of nitrogens with zero attached hydrogens (tertiary/aromatic N) is 1. The van der Waals surface area contributed by atoms with Crippen LogP contribution < -0.4 is 4.90 Å². The average molecular weight is 670 g/mol. The molecular weight excluding hydrogens is 635 g/mol. The molecule has 0 fully saturated rings. The third kappa shape index (κ3) is 4.60. The summed E-state index contributed by atoms with van der Waals surface area (Å²) in [6.45, 7) is 4.74. The van der Waals surface area contributed by atoms with Gasteiger partial charge in [-0.2, -0.15) is 0 Å². The van der Waals surface area contributed by atoms with Crippen LogP contribution in [0.1, 0.15) is 25.0 Å². The third-order valence-corrected chi connectivity index (χ3v) is 12.1. The Kier molecular flexibility index (Phi) is 6.78. The Morgan fingerprint density at radius 3 is 1.78 bits per heavy atom. The van der Waals surface area contributed by atoms with Crippen molar-refractivity contribution in [1.29, 1.82) is 0 Å². The van der Waals surface area contributed by atoms with Crippen molar-refractivity contribution in [3.8, 4) is 33.4 Å². The van der Waals surface area contributed by atoms with Crippen LogP contribution in [0, 0.1) is 0 Å². The lowest BCUT2D eigenvalue weighted by molar-refractivity contribution is 0.660. The van der Waals surface area contributed by atoms with E-state index < -0.39 is 0 Å². The summed E-state index contributed by atoms with van der Waals surface area (Å²) < 4.78 is 2.64. The highest BCUT2D eigenvalue weighted by atomic mass is 32.1. The minimum atomic E-state index is -0.122. The molecule has 0 N–H and O–H groups in total. The highest BCUT2D eigenvalue weighted by Crippen LogP contribution is 2.55. The van der Waals surface area contributed by atoms with Crippen molar-refractivity contribution in [3.63, 3.8) is 0 Å². The van der Waals surface area contributed by atoms with Gasteiger partial charge in [0.2, 0.25) is 0 Å². The first-order valence-corrected chi connectivity index (χ1v) is 18.5. The largest absolute Gasteiger partial charge is 0.309 e. The molecule has 1 aliphatic carbocycles. The Bertz CT molecular complexity index is 2760. The Morgan fingerprint density at radius 1 is 0.451 bits per heavy atom. The van der Waals surface area contributed by atoms with Crippen molar-refractivity contribution in [2.24, 2.45) is 0 Å². The molecule has 0 amide bonds. The van der Waals surface area contributed by atoms with Gasteiger partial charge in [-0.1, -0.05) is 159 Å². The molecule has 0 atom stereocenters. The Hall–Kier alpha value is -5.96. The molecule has 1 heterocycles. The van der Waals surface area contributed by atoms with Crippen LogP contribution in [0.3, 0.4) is 0 Å². The van der Waals surface area contributed by atoms with E-state index in [2.05, 4.69) is 195 Å². The number of anilines is 3. The molecule has 0 bridgehead atoms. The predicted octanol–water partition coefficient (Wildman–Crippen LogP) is 14.3. The number of benzene rings is 8. The maximum Gasteiger partial charge on any atom is 0.0625 e. The van der Waals surface area contributed by atoms with Crippen LogP contribution in [0.25, 0.3) is 64.3 Å². The van der Waals surface area contributed by atoms with Crippen molar-refractivity contribution >= 4 is 59.3 Å². The minimum absolute atomic E-state index is 0.122. The SMILES string of the molecule is CC1(C)c2ccccc2-c2ccc(N(c3ccc(-c4ccccc4)cc3)c3c(-c4ccccc4)c4c5ccccc5sc4c4ccccc34)cc21. The lowest BCUT2D eigenvalue weighted by Gasteiger charge is -2.31. The zero-order valence-electron chi connectivity index (χ0n) is 28.6. The highest BCUT2D eigenvalue weighted by Gasteiger charge is 2.36. The lowest BCUT2D eigenvalue weighted by Crippen LogP contribution is -2.17. The topological polar surface area (TPSA) is 3.24 Å². The van der Waals surface area contributed by atoms with E-state index in [1.165, 1.54) is 81.1 Å². The van der Waals surface area contributed by atoms with Gasteiger partial charge in [-0.25, -0.2) is 0 Å². The van der Waals surface area contributed by atoms with Gasteiger partial charge in [-0.05, 0) is 69.3 Å². The molecule has 0 spiro atoms. The molecule has 9 aromatic rings. The van der Waals surface area contributed by atoms with Crippen LogP contribution in [0.2, 0.25) is 0 Å². The van der Waals surface area contributed by atoms with Crippen molar-refractivity contribution in [2.45, 2.75) is 19.3 Å². The number of hydrogen-bond donors (Lipinski definition) is 0. The normalized spacial score (nSPS) is 13.1. The van der Waals surface area contributed by atoms with Crippen LogP contribution in [0.5, 0.6) is 0 Å². The zero-order chi connectivity index (χ0) is 34.1. The van der Waals surface area contributed by atoms with Gasteiger partial charge < -0.3 is 4.90 Å². The Balaban J connectivity index is 1.32. The molecule has 2 heteroatoms. The van der Waals surface area contributed by atoms with Gasteiger partial charge >= 0.3 is 0 Å². The first-order chi connectivity index (χ1) is 25.1. The first kappa shape index (κ1) is 29.9. The number of rotatable bonds is 5. The van der Waals surface area contributed by atoms with Crippen LogP contribution in [0.15, 0.2) is 176 Å². The lowest BCUT2D eigenvalue weighted by atomic mass is 9.82. The van der Waals surface area contributed by atoms with Crippen molar-refractivity contribution in [1.82, 2.24) is 0 Å². The molecule has 1 nitrogen and oxygen atoms in total. The third-order valence-electron chi connectivity index (χ3n) is 10.9. The van der Waals surface area contributed by atoms with Crippen LogP contribution in [-0.4, -0.2) is 0 Å². The summed E-state index contributed by atoms with van der Waals surface area (Å²) in [5.74, 6) is 0. The second kappa shape index (κ2) is 11.6. The summed E-state index contributed by atoms with van der Waals surface area (Å²) in [5, 5.41) is 5.14. The van der Waals surface area contributed by atoms with E-state index in [0.717, 1.165) is 11.4 Å². The Labute approximate surface area is 302 Å². The maximum absolute atomic E-state index is 2.53. The van der Waals surface area contributed by atoms with E-state index in [-0.39, 0.29) is 5.41 Å². The van der Waals surface area contributed by atoms with Crippen molar-refractivity contribution in [2.75, 3.05) is 4.90 Å². The highest BCUT2D eigenvalue weighted by molar-refractivity contribution is 7.26. The molecule has 51 heavy (non-hydrogen) atoms. The van der Waals surface area contributed by atoms with Crippen molar-refractivity contribution in [3.05, 3.63) is 187 Å². The summed E-state index contributed by atoms with van der Waals surface area (Å²) in [6, 6.07) is 64.8. The van der Waals surface area contributed by atoms with Gasteiger partial charge in [0.15, 0.2) is 0 Å². The smallest absolute Gasteiger partial charge is 0.0625 e. The minimum Gasteiger partial charge on any atom is -0.309 e. The summed E-state index contributed by atoms with van der Waals surface area (Å²) in [6.07, 6.45) is 0.